The number of carbonyl (C=O) groups is 1. The van der Waals surface area contributed by atoms with Crippen LogP contribution in [0.1, 0.15) is 12.0 Å². The number of aryl methyl sites for hydroxylation is 1. The van der Waals surface area contributed by atoms with E-state index in [9.17, 15) is 9.59 Å². The van der Waals surface area contributed by atoms with E-state index in [1.165, 1.54) is 0 Å². The summed E-state index contributed by atoms with van der Waals surface area (Å²) in [6.45, 7) is 0. The summed E-state index contributed by atoms with van der Waals surface area (Å²) in [6, 6.07) is 5.25. The molecule has 0 atom stereocenters. The average Bonchev–Trinajstić information content (AvgIpc) is 2.82. The Morgan fingerprint density at radius 3 is 2.81 bits per heavy atom. The largest absolute Gasteiger partial charge is 0.481 e. The van der Waals surface area contributed by atoms with Gasteiger partial charge >= 0.3 is 5.97 Å². The van der Waals surface area contributed by atoms with Crippen molar-refractivity contribution in [2.75, 3.05) is 5.73 Å². The van der Waals surface area contributed by atoms with E-state index in [0.717, 1.165) is 16.3 Å². The Labute approximate surface area is 125 Å². The lowest BCUT2D eigenvalue weighted by molar-refractivity contribution is -0.136. The van der Waals surface area contributed by atoms with Crippen LogP contribution in [0, 0.1) is 0 Å². The number of aliphatic carboxylic acids is 1. The maximum absolute atomic E-state index is 12.0. The predicted molar refractivity (Wildman–Crippen MR) is 84.0 cm³/mol. The summed E-state index contributed by atoms with van der Waals surface area (Å²) in [4.78, 5) is 28.4. The molecule has 0 aliphatic rings. The van der Waals surface area contributed by atoms with Gasteiger partial charge in [-0.2, -0.15) is 0 Å². The molecule has 0 fully saturated rings. The molecular weight excluding hydrogens is 294 g/mol. The van der Waals surface area contributed by atoms with Gasteiger partial charge in [0.05, 0.1) is 0 Å². The first-order valence-electron chi connectivity index (χ1n) is 6.19. The van der Waals surface area contributed by atoms with E-state index in [-0.39, 0.29) is 24.4 Å². The van der Waals surface area contributed by atoms with Gasteiger partial charge in [-0.05, 0) is 30.2 Å². The number of nitrogens with two attached hydrogens (primary N) is 1. The number of benzene rings is 1. The number of rotatable bonds is 3. The van der Waals surface area contributed by atoms with Crippen LogP contribution in [0.5, 0.6) is 0 Å². The van der Waals surface area contributed by atoms with Crippen LogP contribution in [0.25, 0.3) is 21.8 Å². The average molecular weight is 308 g/mol. The molecule has 6 nitrogen and oxygen atoms in total. The minimum atomic E-state index is -0.868. The lowest BCUT2D eigenvalue weighted by Gasteiger charge is -2.04. The quantitative estimate of drug-likeness (QED) is 0.555. The molecule has 110 valence electrons. The van der Waals surface area contributed by atoms with Crippen molar-refractivity contribution >= 4 is 45.9 Å². The number of carboxylic acids is 1. The van der Waals surface area contributed by atoms with Crippen molar-refractivity contribution in [2.24, 2.45) is 0 Å². The molecule has 2 aromatic heterocycles. The van der Waals surface area contributed by atoms with Gasteiger partial charge < -0.3 is 20.8 Å². The van der Waals surface area contributed by atoms with Crippen molar-refractivity contribution in [3.05, 3.63) is 40.3 Å². The lowest BCUT2D eigenvalue weighted by atomic mass is 10.0. The zero-order chi connectivity index (χ0) is 14.3. The highest BCUT2D eigenvalue weighted by Crippen LogP contribution is 2.26. The van der Waals surface area contributed by atoms with Gasteiger partial charge in [-0.1, -0.05) is 0 Å². The van der Waals surface area contributed by atoms with Gasteiger partial charge in [-0.3, -0.25) is 9.59 Å². The van der Waals surface area contributed by atoms with Gasteiger partial charge in [0.25, 0.3) is 5.56 Å². The molecule has 7 heteroatoms. The van der Waals surface area contributed by atoms with E-state index in [4.69, 9.17) is 10.8 Å². The topological polar surface area (TPSA) is 112 Å². The number of aromatic amines is 2. The number of nitrogen functional groups attached to an aromatic ring is 1. The van der Waals surface area contributed by atoms with Crippen molar-refractivity contribution in [1.29, 1.82) is 0 Å². The summed E-state index contributed by atoms with van der Waals surface area (Å²) in [7, 11) is 0. The summed E-state index contributed by atoms with van der Waals surface area (Å²) in [5, 5.41) is 10.4. The van der Waals surface area contributed by atoms with Crippen LogP contribution in [-0.2, 0) is 11.2 Å². The SMILES string of the molecule is Cl.Nc1ccc2[nH]c(=O)c3[nH]cc(CCC(=O)O)c3c2c1. The smallest absolute Gasteiger partial charge is 0.303 e. The second-order valence-electron chi connectivity index (χ2n) is 4.72. The third-order valence-electron chi connectivity index (χ3n) is 3.36. The fraction of sp³-hybridized carbons (Fsp3) is 0.143. The van der Waals surface area contributed by atoms with E-state index in [1.807, 2.05) is 0 Å². The van der Waals surface area contributed by atoms with Crippen LogP contribution in [-0.4, -0.2) is 21.0 Å². The third-order valence-corrected chi connectivity index (χ3v) is 3.36. The van der Waals surface area contributed by atoms with Crippen molar-refractivity contribution in [3.8, 4) is 0 Å². The van der Waals surface area contributed by atoms with Crippen LogP contribution >= 0.6 is 12.4 Å². The number of hydrogen-bond donors (Lipinski definition) is 4. The number of carboxylic acid groups (broad SMARTS) is 1. The second-order valence-corrected chi connectivity index (χ2v) is 4.72. The molecule has 5 N–H and O–H groups in total. The van der Waals surface area contributed by atoms with E-state index >= 15 is 0 Å². The van der Waals surface area contributed by atoms with Crippen molar-refractivity contribution in [3.63, 3.8) is 0 Å². The molecular formula is C14H14ClN3O3. The Morgan fingerprint density at radius 2 is 2.10 bits per heavy atom. The molecule has 3 rings (SSSR count). The molecule has 0 radical (unpaired) electrons. The van der Waals surface area contributed by atoms with E-state index in [2.05, 4.69) is 9.97 Å². The Hall–Kier alpha value is -2.47. The van der Waals surface area contributed by atoms with Gasteiger partial charge in [-0.15, -0.1) is 12.4 Å². The number of anilines is 1. The summed E-state index contributed by atoms with van der Waals surface area (Å²) >= 11 is 0. The van der Waals surface area contributed by atoms with Crippen LogP contribution in [0.15, 0.2) is 29.2 Å². The van der Waals surface area contributed by atoms with Crippen LogP contribution in [0.4, 0.5) is 5.69 Å². The van der Waals surface area contributed by atoms with Crippen molar-refractivity contribution in [1.82, 2.24) is 9.97 Å². The normalized spacial score (nSPS) is 10.7. The fourth-order valence-electron chi connectivity index (χ4n) is 2.45. The number of fused-ring (bicyclic) bond motifs is 3. The van der Waals surface area contributed by atoms with Crippen molar-refractivity contribution < 1.29 is 9.90 Å². The third kappa shape index (κ3) is 2.57. The first-order chi connectivity index (χ1) is 9.56. The van der Waals surface area contributed by atoms with Gasteiger partial charge in [-0.25, -0.2) is 0 Å². The standard InChI is InChI=1S/C14H13N3O3.ClH/c15-8-2-3-10-9(5-8)12-7(1-4-11(18)19)6-16-13(12)14(20)17-10;/h2-3,5-6,16H,1,4,15H2,(H,17,20)(H,18,19);1H. The first-order valence-corrected chi connectivity index (χ1v) is 6.19. The lowest BCUT2D eigenvalue weighted by Crippen LogP contribution is -2.06. The molecule has 0 saturated carbocycles. The zero-order valence-electron chi connectivity index (χ0n) is 11.0. The Kier molecular flexibility index (Phi) is 3.90. The molecule has 2 heterocycles. The molecule has 0 bridgehead atoms. The van der Waals surface area contributed by atoms with E-state index < -0.39 is 5.97 Å². The molecule has 0 aliphatic heterocycles. The van der Waals surface area contributed by atoms with Gasteiger partial charge in [0.15, 0.2) is 0 Å². The summed E-state index contributed by atoms with van der Waals surface area (Å²) < 4.78 is 0. The van der Waals surface area contributed by atoms with Gasteiger partial charge in [0.1, 0.15) is 5.52 Å². The molecule has 3 aromatic rings. The molecule has 0 unspecified atom stereocenters. The fourth-order valence-corrected chi connectivity index (χ4v) is 2.45. The Balaban J connectivity index is 0.00000161. The highest BCUT2D eigenvalue weighted by atomic mass is 35.5. The molecule has 0 amide bonds. The van der Waals surface area contributed by atoms with Crippen LogP contribution in [0.2, 0.25) is 0 Å². The highest BCUT2D eigenvalue weighted by molar-refractivity contribution is 6.07. The number of H-pyrrole nitrogens is 2. The van der Waals surface area contributed by atoms with E-state index in [1.54, 1.807) is 24.4 Å². The molecule has 0 spiro atoms. The number of nitrogens with one attached hydrogen (secondary N) is 2. The summed E-state index contributed by atoms with van der Waals surface area (Å²) in [5.41, 5.74) is 8.11. The van der Waals surface area contributed by atoms with E-state index in [0.29, 0.717) is 23.1 Å². The van der Waals surface area contributed by atoms with Crippen LogP contribution in [0.3, 0.4) is 0 Å². The predicted octanol–water partition coefficient (Wildman–Crippen LogP) is 2.03. The number of hydrogen-bond acceptors (Lipinski definition) is 3. The number of halogens is 1. The molecule has 1 aromatic carbocycles. The number of pyridine rings is 1. The zero-order valence-corrected chi connectivity index (χ0v) is 11.8. The minimum absolute atomic E-state index is 0. The summed E-state index contributed by atoms with van der Waals surface area (Å²) in [6.07, 6.45) is 2.07. The Bertz CT molecular complexity index is 882. The monoisotopic (exact) mass is 307 g/mol. The maximum atomic E-state index is 12.0. The summed E-state index contributed by atoms with van der Waals surface area (Å²) in [5.74, 6) is -0.868. The maximum Gasteiger partial charge on any atom is 0.303 e. The first kappa shape index (κ1) is 14.9. The van der Waals surface area contributed by atoms with Crippen molar-refractivity contribution in [2.45, 2.75) is 12.8 Å². The highest BCUT2D eigenvalue weighted by Gasteiger charge is 2.12. The molecule has 0 saturated heterocycles. The second kappa shape index (κ2) is 5.49. The number of aromatic nitrogens is 2. The van der Waals surface area contributed by atoms with Gasteiger partial charge in [0, 0.05) is 34.6 Å². The molecule has 21 heavy (non-hydrogen) atoms. The molecule has 0 aliphatic carbocycles. The van der Waals surface area contributed by atoms with Crippen LogP contribution < -0.4 is 11.3 Å². The van der Waals surface area contributed by atoms with Gasteiger partial charge in [0.2, 0.25) is 0 Å². The Morgan fingerprint density at radius 1 is 1.33 bits per heavy atom. The minimum Gasteiger partial charge on any atom is -0.481 e.